The zero-order chi connectivity index (χ0) is 13.8. The Kier molecular flexibility index (Phi) is 4.71. The molecule has 1 N–H and O–H groups in total. The molecule has 0 aliphatic heterocycles. The van der Waals surface area contributed by atoms with Crippen molar-refractivity contribution in [3.05, 3.63) is 52.0 Å². The maximum absolute atomic E-state index is 14.1. The average Bonchev–Trinajstić information content (AvgIpc) is 2.80. The minimum absolute atomic E-state index is 0.00704. The zero-order valence-electron chi connectivity index (χ0n) is 11.0. The molecule has 1 heterocycles. The van der Waals surface area contributed by atoms with Gasteiger partial charge in [-0.2, -0.15) is 5.10 Å². The van der Waals surface area contributed by atoms with E-state index in [-0.39, 0.29) is 11.9 Å². The summed E-state index contributed by atoms with van der Waals surface area (Å²) < 4.78 is 16.4. The molecule has 0 spiro atoms. The van der Waals surface area contributed by atoms with Gasteiger partial charge in [0, 0.05) is 30.5 Å². The van der Waals surface area contributed by atoms with E-state index >= 15 is 0 Å². The number of benzene rings is 1. The molecule has 0 aliphatic carbocycles. The maximum Gasteiger partial charge on any atom is 0.142 e. The van der Waals surface area contributed by atoms with Crippen LogP contribution < -0.4 is 5.32 Å². The van der Waals surface area contributed by atoms with E-state index in [0.29, 0.717) is 10.0 Å². The van der Waals surface area contributed by atoms with Crippen molar-refractivity contribution < 1.29 is 4.39 Å². The second-order valence-corrected chi connectivity index (χ2v) is 5.32. The number of aromatic nitrogens is 2. The number of nitrogens with one attached hydrogen (secondary N) is 1. The van der Waals surface area contributed by atoms with Gasteiger partial charge in [-0.15, -0.1) is 0 Å². The second kappa shape index (κ2) is 6.30. The number of aryl methyl sites for hydroxylation is 2. The predicted molar refractivity (Wildman–Crippen MR) is 77.4 cm³/mol. The van der Waals surface area contributed by atoms with Crippen molar-refractivity contribution in [3.63, 3.8) is 0 Å². The second-order valence-electron chi connectivity index (χ2n) is 4.47. The molecule has 0 saturated carbocycles. The highest BCUT2D eigenvalue weighted by molar-refractivity contribution is 9.10. The molecule has 0 fully saturated rings. The van der Waals surface area contributed by atoms with Crippen LogP contribution in [0.5, 0.6) is 0 Å². The number of nitrogens with zero attached hydrogens (tertiary/aromatic N) is 2. The van der Waals surface area contributed by atoms with Gasteiger partial charge in [0.2, 0.25) is 0 Å². The summed E-state index contributed by atoms with van der Waals surface area (Å²) >= 11 is 3.23. The number of rotatable bonds is 5. The third-order valence-electron chi connectivity index (χ3n) is 3.32. The van der Waals surface area contributed by atoms with E-state index in [1.807, 2.05) is 37.0 Å². The first-order valence-electron chi connectivity index (χ1n) is 6.21. The zero-order valence-corrected chi connectivity index (χ0v) is 12.6. The molecule has 1 aromatic heterocycles. The lowest BCUT2D eigenvalue weighted by Crippen LogP contribution is -2.19. The van der Waals surface area contributed by atoms with E-state index < -0.39 is 0 Å². The van der Waals surface area contributed by atoms with Crippen LogP contribution in [-0.2, 0) is 13.5 Å². The average molecular weight is 326 g/mol. The Labute approximate surface area is 121 Å². The highest BCUT2D eigenvalue weighted by Gasteiger charge is 2.16. The van der Waals surface area contributed by atoms with Crippen LogP contribution in [0.25, 0.3) is 0 Å². The number of halogens is 2. The lowest BCUT2D eigenvalue weighted by Gasteiger charge is -2.18. The monoisotopic (exact) mass is 325 g/mol. The first-order chi connectivity index (χ1) is 9.13. The highest BCUT2D eigenvalue weighted by Crippen LogP contribution is 2.26. The van der Waals surface area contributed by atoms with Crippen molar-refractivity contribution in [2.24, 2.45) is 7.05 Å². The molecule has 0 amide bonds. The Morgan fingerprint density at radius 3 is 2.84 bits per heavy atom. The molecule has 0 bridgehead atoms. The Balaban J connectivity index is 2.12. The lowest BCUT2D eigenvalue weighted by atomic mass is 10.0. The Morgan fingerprint density at radius 1 is 1.42 bits per heavy atom. The van der Waals surface area contributed by atoms with Gasteiger partial charge in [0.05, 0.1) is 4.47 Å². The van der Waals surface area contributed by atoms with Gasteiger partial charge in [-0.25, -0.2) is 4.39 Å². The Hall–Kier alpha value is -1.20. The summed E-state index contributed by atoms with van der Waals surface area (Å²) in [5, 5.41) is 7.32. The van der Waals surface area contributed by atoms with Crippen molar-refractivity contribution >= 4 is 15.9 Å². The molecule has 3 nitrogen and oxygen atoms in total. The fourth-order valence-corrected chi connectivity index (χ4v) is 2.57. The standard InChI is InChI=1S/C14H17BrFN3/c1-17-13(7-6-10-8-9-18-19(10)2)11-4-3-5-12(15)14(11)16/h3-5,8-9,13,17H,6-7H2,1-2H3. The molecule has 5 heteroatoms. The minimum Gasteiger partial charge on any atom is -0.313 e. The maximum atomic E-state index is 14.1. The highest BCUT2D eigenvalue weighted by atomic mass is 79.9. The van der Waals surface area contributed by atoms with Crippen LogP contribution in [0.2, 0.25) is 0 Å². The van der Waals surface area contributed by atoms with E-state index in [4.69, 9.17) is 0 Å². The Bertz CT molecular complexity index is 553. The Morgan fingerprint density at radius 2 is 2.21 bits per heavy atom. The molecule has 1 atom stereocenters. The topological polar surface area (TPSA) is 29.9 Å². The molecule has 1 aromatic carbocycles. The van der Waals surface area contributed by atoms with Crippen LogP contribution in [0.1, 0.15) is 23.7 Å². The van der Waals surface area contributed by atoms with E-state index in [2.05, 4.69) is 26.3 Å². The largest absolute Gasteiger partial charge is 0.313 e. The molecule has 0 radical (unpaired) electrons. The molecule has 102 valence electrons. The minimum atomic E-state index is -0.188. The first-order valence-corrected chi connectivity index (χ1v) is 7.01. The first kappa shape index (κ1) is 14.2. The fraction of sp³-hybridized carbons (Fsp3) is 0.357. The van der Waals surface area contributed by atoms with Gasteiger partial charge in [0.15, 0.2) is 0 Å². The SMILES string of the molecule is CNC(CCc1ccnn1C)c1cccc(Br)c1F. The summed E-state index contributed by atoms with van der Waals surface area (Å²) in [4.78, 5) is 0. The molecule has 0 saturated heterocycles. The van der Waals surface area contributed by atoms with Crippen LogP contribution in [-0.4, -0.2) is 16.8 Å². The number of hydrogen-bond acceptors (Lipinski definition) is 2. The van der Waals surface area contributed by atoms with Gasteiger partial charge in [0.1, 0.15) is 5.82 Å². The van der Waals surface area contributed by atoms with Crippen LogP contribution in [0, 0.1) is 5.82 Å². The summed E-state index contributed by atoms with van der Waals surface area (Å²) in [6.07, 6.45) is 3.46. The van der Waals surface area contributed by atoms with Crippen LogP contribution in [0.4, 0.5) is 4.39 Å². The van der Waals surface area contributed by atoms with Crippen molar-refractivity contribution in [2.75, 3.05) is 7.05 Å². The van der Waals surface area contributed by atoms with Gasteiger partial charge in [0.25, 0.3) is 0 Å². The normalized spacial score (nSPS) is 12.6. The summed E-state index contributed by atoms with van der Waals surface area (Å²) in [6, 6.07) is 7.38. The summed E-state index contributed by atoms with van der Waals surface area (Å²) in [5.41, 5.74) is 1.84. The molecule has 2 aromatic rings. The fourth-order valence-electron chi connectivity index (χ4n) is 2.18. The van der Waals surface area contributed by atoms with Crippen LogP contribution in [0.15, 0.2) is 34.9 Å². The van der Waals surface area contributed by atoms with Crippen molar-refractivity contribution in [3.8, 4) is 0 Å². The van der Waals surface area contributed by atoms with Gasteiger partial charge >= 0.3 is 0 Å². The van der Waals surface area contributed by atoms with E-state index in [1.54, 1.807) is 12.3 Å². The molecule has 2 rings (SSSR count). The van der Waals surface area contributed by atoms with Crippen LogP contribution in [0.3, 0.4) is 0 Å². The smallest absolute Gasteiger partial charge is 0.142 e. The van der Waals surface area contributed by atoms with E-state index in [1.165, 1.54) is 0 Å². The third kappa shape index (κ3) is 3.22. The van der Waals surface area contributed by atoms with E-state index in [9.17, 15) is 4.39 Å². The molecule has 1 unspecified atom stereocenters. The van der Waals surface area contributed by atoms with Gasteiger partial charge in [-0.3, -0.25) is 4.68 Å². The molecule has 19 heavy (non-hydrogen) atoms. The molecular formula is C14H17BrFN3. The van der Waals surface area contributed by atoms with E-state index in [0.717, 1.165) is 18.5 Å². The predicted octanol–water partition coefficient (Wildman–Crippen LogP) is 3.22. The third-order valence-corrected chi connectivity index (χ3v) is 3.93. The van der Waals surface area contributed by atoms with Crippen LogP contribution >= 0.6 is 15.9 Å². The van der Waals surface area contributed by atoms with Gasteiger partial charge in [-0.1, -0.05) is 12.1 Å². The summed E-state index contributed by atoms with van der Waals surface area (Å²) in [7, 11) is 3.78. The number of hydrogen-bond donors (Lipinski definition) is 1. The summed E-state index contributed by atoms with van der Waals surface area (Å²) in [6.45, 7) is 0. The van der Waals surface area contributed by atoms with Crippen molar-refractivity contribution in [2.45, 2.75) is 18.9 Å². The summed E-state index contributed by atoms with van der Waals surface area (Å²) in [5.74, 6) is -0.188. The molecule has 0 aliphatic rings. The van der Waals surface area contributed by atoms with Crippen molar-refractivity contribution in [1.29, 1.82) is 0 Å². The lowest BCUT2D eigenvalue weighted by molar-refractivity contribution is 0.499. The quantitative estimate of drug-likeness (QED) is 0.914. The van der Waals surface area contributed by atoms with Crippen molar-refractivity contribution in [1.82, 2.24) is 15.1 Å². The van der Waals surface area contributed by atoms with Gasteiger partial charge in [-0.05, 0) is 48.0 Å². The van der Waals surface area contributed by atoms with Gasteiger partial charge < -0.3 is 5.32 Å². The molecular weight excluding hydrogens is 309 g/mol.